The molecule has 1 heterocycles. The Labute approximate surface area is 123 Å². The van der Waals surface area contributed by atoms with Crippen LogP contribution >= 0.6 is 11.6 Å². The molecule has 0 fully saturated rings. The third kappa shape index (κ3) is 3.49. The molecule has 1 unspecified atom stereocenters. The molecule has 0 saturated heterocycles. The molecule has 0 saturated carbocycles. The molecule has 2 rings (SSSR count). The van der Waals surface area contributed by atoms with Gasteiger partial charge < -0.3 is 15.0 Å². The molecule has 1 aromatic carbocycles. The van der Waals surface area contributed by atoms with Gasteiger partial charge in [-0.3, -0.25) is 0 Å². The highest BCUT2D eigenvalue weighted by Gasteiger charge is 2.13. The SMILES string of the molecule is CC(C)c1nc(COc2ccc(Cl)cc2C(C)N)no1. The van der Waals surface area contributed by atoms with Crippen molar-refractivity contribution in [2.75, 3.05) is 0 Å². The summed E-state index contributed by atoms with van der Waals surface area (Å²) in [6.45, 7) is 6.10. The number of nitrogens with zero attached hydrogens (tertiary/aromatic N) is 2. The average molecular weight is 296 g/mol. The minimum absolute atomic E-state index is 0.166. The summed E-state index contributed by atoms with van der Waals surface area (Å²) < 4.78 is 10.8. The monoisotopic (exact) mass is 295 g/mol. The molecule has 0 aliphatic carbocycles. The molecular formula is C14H18ClN3O2. The third-order valence-electron chi connectivity index (χ3n) is 2.80. The van der Waals surface area contributed by atoms with Gasteiger partial charge in [0.2, 0.25) is 11.7 Å². The highest BCUT2D eigenvalue weighted by Crippen LogP contribution is 2.27. The van der Waals surface area contributed by atoms with E-state index in [2.05, 4.69) is 10.1 Å². The number of hydrogen-bond donors (Lipinski definition) is 1. The maximum Gasteiger partial charge on any atom is 0.229 e. The topological polar surface area (TPSA) is 74.2 Å². The van der Waals surface area contributed by atoms with Gasteiger partial charge in [0.25, 0.3) is 0 Å². The molecule has 2 aromatic rings. The molecule has 2 N–H and O–H groups in total. The molecule has 0 aliphatic rings. The number of halogens is 1. The predicted octanol–water partition coefficient (Wildman–Crippen LogP) is 3.45. The highest BCUT2D eigenvalue weighted by molar-refractivity contribution is 6.30. The van der Waals surface area contributed by atoms with Crippen molar-refractivity contribution < 1.29 is 9.26 Å². The Hall–Kier alpha value is -1.59. The average Bonchev–Trinajstić information content (AvgIpc) is 2.86. The Morgan fingerprint density at radius 1 is 1.35 bits per heavy atom. The van der Waals surface area contributed by atoms with Crippen LogP contribution in [0.4, 0.5) is 0 Å². The maximum atomic E-state index is 5.97. The molecule has 1 aromatic heterocycles. The normalized spacial score (nSPS) is 12.7. The van der Waals surface area contributed by atoms with E-state index >= 15 is 0 Å². The summed E-state index contributed by atoms with van der Waals surface area (Å²) in [5.74, 6) is 2.00. The Morgan fingerprint density at radius 3 is 2.70 bits per heavy atom. The lowest BCUT2D eigenvalue weighted by Crippen LogP contribution is -2.08. The fourth-order valence-corrected chi connectivity index (χ4v) is 1.89. The molecule has 6 heteroatoms. The summed E-state index contributed by atoms with van der Waals surface area (Å²) in [6, 6.07) is 5.19. The van der Waals surface area contributed by atoms with Gasteiger partial charge in [-0.1, -0.05) is 30.6 Å². The second kappa shape index (κ2) is 6.24. The van der Waals surface area contributed by atoms with Gasteiger partial charge in [-0.25, -0.2) is 0 Å². The van der Waals surface area contributed by atoms with Gasteiger partial charge >= 0.3 is 0 Å². The molecule has 5 nitrogen and oxygen atoms in total. The molecule has 0 radical (unpaired) electrons. The van der Waals surface area contributed by atoms with Gasteiger partial charge in [-0.05, 0) is 25.1 Å². The van der Waals surface area contributed by atoms with Crippen LogP contribution in [0, 0.1) is 0 Å². The van der Waals surface area contributed by atoms with E-state index in [0.29, 0.717) is 22.5 Å². The Morgan fingerprint density at radius 2 is 2.10 bits per heavy atom. The molecule has 20 heavy (non-hydrogen) atoms. The first-order chi connectivity index (χ1) is 9.47. The van der Waals surface area contributed by atoms with Gasteiger partial charge in [0.1, 0.15) is 5.75 Å². The van der Waals surface area contributed by atoms with Crippen molar-refractivity contribution in [3.05, 3.63) is 40.5 Å². The van der Waals surface area contributed by atoms with Gasteiger partial charge in [0.05, 0.1) is 0 Å². The van der Waals surface area contributed by atoms with E-state index in [1.54, 1.807) is 18.2 Å². The first-order valence-corrected chi connectivity index (χ1v) is 6.85. The van der Waals surface area contributed by atoms with Gasteiger partial charge in [-0.15, -0.1) is 0 Å². The van der Waals surface area contributed by atoms with Crippen LogP contribution in [0.25, 0.3) is 0 Å². The third-order valence-corrected chi connectivity index (χ3v) is 3.03. The van der Waals surface area contributed by atoms with Crippen molar-refractivity contribution in [3.8, 4) is 5.75 Å². The summed E-state index contributed by atoms with van der Waals surface area (Å²) in [6.07, 6.45) is 0. The van der Waals surface area contributed by atoms with Crippen molar-refractivity contribution in [1.82, 2.24) is 10.1 Å². The van der Waals surface area contributed by atoms with E-state index in [0.717, 1.165) is 5.56 Å². The van der Waals surface area contributed by atoms with E-state index in [1.807, 2.05) is 20.8 Å². The summed E-state index contributed by atoms with van der Waals surface area (Å²) in [4.78, 5) is 4.26. The molecule has 0 aliphatic heterocycles. The van der Waals surface area contributed by atoms with Crippen LogP contribution in [0.2, 0.25) is 5.02 Å². The molecule has 0 spiro atoms. The second-order valence-electron chi connectivity index (χ2n) is 4.96. The van der Waals surface area contributed by atoms with Crippen LogP contribution in [0.1, 0.15) is 50.0 Å². The number of nitrogens with two attached hydrogens (primary N) is 1. The van der Waals surface area contributed by atoms with Gasteiger partial charge in [-0.2, -0.15) is 4.98 Å². The fourth-order valence-electron chi connectivity index (χ4n) is 1.71. The first kappa shape index (κ1) is 14.8. The van der Waals surface area contributed by atoms with Crippen molar-refractivity contribution >= 4 is 11.6 Å². The zero-order valence-electron chi connectivity index (χ0n) is 11.8. The number of rotatable bonds is 5. The lowest BCUT2D eigenvalue weighted by atomic mass is 10.1. The highest BCUT2D eigenvalue weighted by atomic mass is 35.5. The quantitative estimate of drug-likeness (QED) is 0.914. The van der Waals surface area contributed by atoms with E-state index in [9.17, 15) is 0 Å². The van der Waals surface area contributed by atoms with Gasteiger partial charge in [0.15, 0.2) is 6.61 Å². The molecule has 1 atom stereocenters. The first-order valence-electron chi connectivity index (χ1n) is 6.47. The van der Waals surface area contributed by atoms with Crippen LogP contribution < -0.4 is 10.5 Å². The van der Waals surface area contributed by atoms with E-state index < -0.39 is 0 Å². The number of ether oxygens (including phenoxy) is 1. The Bertz CT molecular complexity index is 582. The summed E-state index contributed by atoms with van der Waals surface area (Å²) in [5, 5.41) is 4.51. The molecular weight excluding hydrogens is 278 g/mol. The summed E-state index contributed by atoms with van der Waals surface area (Å²) in [5.41, 5.74) is 6.76. The van der Waals surface area contributed by atoms with Gasteiger partial charge in [0, 0.05) is 22.5 Å². The van der Waals surface area contributed by atoms with Crippen LogP contribution in [0.15, 0.2) is 22.7 Å². The van der Waals surface area contributed by atoms with Crippen molar-refractivity contribution in [3.63, 3.8) is 0 Å². The standard InChI is InChI=1S/C14H18ClN3O2/c1-8(2)14-17-13(18-20-14)7-19-12-5-4-10(15)6-11(12)9(3)16/h4-6,8-9H,7,16H2,1-3H3. The van der Waals surface area contributed by atoms with Crippen LogP contribution in [0.5, 0.6) is 5.75 Å². The smallest absolute Gasteiger partial charge is 0.229 e. The zero-order valence-corrected chi connectivity index (χ0v) is 12.5. The largest absolute Gasteiger partial charge is 0.485 e. The minimum atomic E-state index is -0.166. The molecule has 0 bridgehead atoms. The van der Waals surface area contributed by atoms with Crippen molar-refractivity contribution in [2.45, 2.75) is 39.3 Å². The zero-order chi connectivity index (χ0) is 14.7. The maximum absolute atomic E-state index is 5.97. The number of hydrogen-bond acceptors (Lipinski definition) is 5. The lowest BCUT2D eigenvalue weighted by molar-refractivity contribution is 0.281. The summed E-state index contributed by atoms with van der Waals surface area (Å²) >= 11 is 5.97. The number of benzene rings is 1. The second-order valence-corrected chi connectivity index (χ2v) is 5.40. The van der Waals surface area contributed by atoms with E-state index in [1.165, 1.54) is 0 Å². The van der Waals surface area contributed by atoms with Crippen LogP contribution in [-0.4, -0.2) is 10.1 Å². The molecule has 108 valence electrons. The predicted molar refractivity (Wildman–Crippen MR) is 76.8 cm³/mol. The number of aromatic nitrogens is 2. The fraction of sp³-hybridized carbons (Fsp3) is 0.429. The van der Waals surface area contributed by atoms with Crippen molar-refractivity contribution in [2.24, 2.45) is 5.73 Å². The van der Waals surface area contributed by atoms with Crippen LogP contribution in [-0.2, 0) is 6.61 Å². The molecule has 0 amide bonds. The van der Waals surface area contributed by atoms with Crippen molar-refractivity contribution in [1.29, 1.82) is 0 Å². The van der Waals surface area contributed by atoms with Crippen LogP contribution in [0.3, 0.4) is 0 Å². The van der Waals surface area contributed by atoms with E-state index in [4.69, 9.17) is 26.6 Å². The Kier molecular flexibility index (Phi) is 4.62. The lowest BCUT2D eigenvalue weighted by Gasteiger charge is -2.13. The van der Waals surface area contributed by atoms with E-state index in [-0.39, 0.29) is 18.6 Å². The summed E-state index contributed by atoms with van der Waals surface area (Å²) in [7, 11) is 0. The minimum Gasteiger partial charge on any atom is -0.485 e. The Balaban J connectivity index is 2.10.